The topological polar surface area (TPSA) is 50.1 Å². The first-order chi connectivity index (χ1) is 5.62. The average molecular weight is 165 g/mol. The van der Waals surface area contributed by atoms with Gasteiger partial charge in [-0.05, 0) is 0 Å². The number of hydrogen-bond acceptors (Lipinski definition) is 3. The summed E-state index contributed by atoms with van der Waals surface area (Å²) in [5.41, 5.74) is -0.460. The number of rotatable bonds is 1. The molecule has 0 bridgehead atoms. The van der Waals surface area contributed by atoms with E-state index in [1.54, 1.807) is 0 Å². The molecule has 12 heavy (non-hydrogen) atoms. The predicted molar refractivity (Wildman–Crippen MR) is 41.2 cm³/mol. The first-order valence-corrected chi connectivity index (χ1v) is 4.13. The summed E-state index contributed by atoms with van der Waals surface area (Å²) in [6.07, 6.45) is 0.868. The molecule has 1 heterocycles. The van der Waals surface area contributed by atoms with Crippen molar-refractivity contribution in [2.24, 2.45) is 10.8 Å². The summed E-state index contributed by atoms with van der Waals surface area (Å²) in [5.74, 6) is 0.213. The largest absolute Gasteiger partial charge is 0.380 e. The number of hydrogen-bond donors (Lipinski definition) is 0. The van der Waals surface area contributed by atoms with Crippen LogP contribution in [0.3, 0.4) is 0 Å². The normalized spacial score (nSPS) is 29.8. The molecule has 1 saturated heterocycles. The van der Waals surface area contributed by atoms with E-state index in [1.165, 1.54) is 0 Å². The smallest absolute Gasteiger partial charge is 0.136 e. The molecule has 2 aliphatic rings. The van der Waals surface area contributed by atoms with E-state index >= 15 is 0 Å². The maximum absolute atomic E-state index is 10.9. The van der Waals surface area contributed by atoms with Gasteiger partial charge in [0.1, 0.15) is 5.78 Å². The SMILES string of the molecule is CC1(C2(C#N)CC(=O)C2)COC1. The van der Waals surface area contributed by atoms with E-state index in [4.69, 9.17) is 10.00 Å². The zero-order chi connectivity index (χ0) is 8.82. The number of nitriles is 1. The zero-order valence-electron chi connectivity index (χ0n) is 7.09. The average Bonchev–Trinajstić information content (AvgIpc) is 1.93. The number of carbonyl (C=O) groups is 1. The molecule has 0 amide bonds. The molecule has 0 aromatic carbocycles. The second-order valence-corrected chi connectivity index (χ2v) is 4.14. The molecule has 1 aliphatic heterocycles. The van der Waals surface area contributed by atoms with E-state index in [0.717, 1.165) is 0 Å². The maximum Gasteiger partial charge on any atom is 0.136 e. The van der Waals surface area contributed by atoms with Crippen molar-refractivity contribution in [1.82, 2.24) is 0 Å². The van der Waals surface area contributed by atoms with Gasteiger partial charge in [-0.15, -0.1) is 0 Å². The van der Waals surface area contributed by atoms with Crippen LogP contribution in [0.4, 0.5) is 0 Å². The first-order valence-electron chi connectivity index (χ1n) is 4.13. The standard InChI is InChI=1S/C9H11NO2/c1-8(5-12-6-8)9(4-10)2-7(11)3-9/h2-3,5-6H2,1H3. The quantitative estimate of drug-likeness (QED) is 0.580. The van der Waals surface area contributed by atoms with Crippen molar-refractivity contribution in [2.75, 3.05) is 13.2 Å². The highest BCUT2D eigenvalue weighted by Gasteiger charge is 2.60. The zero-order valence-corrected chi connectivity index (χ0v) is 7.09. The lowest BCUT2D eigenvalue weighted by molar-refractivity contribution is -0.182. The van der Waals surface area contributed by atoms with Gasteiger partial charge in [-0.25, -0.2) is 0 Å². The lowest BCUT2D eigenvalue weighted by atomic mass is 9.53. The molecule has 0 unspecified atom stereocenters. The van der Waals surface area contributed by atoms with E-state index < -0.39 is 5.41 Å². The van der Waals surface area contributed by atoms with Gasteiger partial charge in [-0.3, -0.25) is 4.79 Å². The van der Waals surface area contributed by atoms with Crippen molar-refractivity contribution in [2.45, 2.75) is 19.8 Å². The van der Waals surface area contributed by atoms with Crippen molar-refractivity contribution in [3.05, 3.63) is 0 Å². The third kappa shape index (κ3) is 0.709. The highest BCUT2D eigenvalue weighted by Crippen LogP contribution is 2.55. The molecule has 0 N–H and O–H groups in total. The molecule has 3 nitrogen and oxygen atoms in total. The molecule has 64 valence electrons. The molecule has 0 aromatic heterocycles. The lowest BCUT2D eigenvalue weighted by Crippen LogP contribution is -2.58. The Morgan fingerprint density at radius 3 is 2.33 bits per heavy atom. The second-order valence-electron chi connectivity index (χ2n) is 4.14. The summed E-state index contributed by atoms with van der Waals surface area (Å²) in [4.78, 5) is 10.9. The van der Waals surface area contributed by atoms with Crippen molar-refractivity contribution in [3.63, 3.8) is 0 Å². The van der Waals surface area contributed by atoms with Gasteiger partial charge in [-0.2, -0.15) is 5.26 Å². The highest BCUT2D eigenvalue weighted by molar-refractivity contribution is 5.87. The van der Waals surface area contributed by atoms with Gasteiger partial charge in [0.2, 0.25) is 0 Å². The van der Waals surface area contributed by atoms with Crippen LogP contribution in [0, 0.1) is 22.2 Å². The molecule has 0 aromatic rings. The Labute approximate surface area is 71.3 Å². The second kappa shape index (κ2) is 2.08. The summed E-state index contributed by atoms with van der Waals surface area (Å²) in [5, 5.41) is 9.00. The van der Waals surface area contributed by atoms with E-state index in [-0.39, 0.29) is 11.2 Å². The third-order valence-corrected chi connectivity index (χ3v) is 3.21. The van der Waals surface area contributed by atoms with Gasteiger partial charge >= 0.3 is 0 Å². The van der Waals surface area contributed by atoms with Crippen LogP contribution in [-0.4, -0.2) is 19.0 Å². The molecule has 2 rings (SSSR count). The molecule has 0 radical (unpaired) electrons. The number of Topliss-reactive ketones (excluding diaryl/α,β-unsaturated/α-hetero) is 1. The summed E-state index contributed by atoms with van der Waals surface area (Å²) >= 11 is 0. The molecular formula is C9H11NO2. The number of ketones is 1. The van der Waals surface area contributed by atoms with Gasteiger partial charge in [0, 0.05) is 18.3 Å². The lowest BCUT2D eigenvalue weighted by Gasteiger charge is -2.53. The summed E-state index contributed by atoms with van der Waals surface area (Å²) in [7, 11) is 0. The molecule has 0 spiro atoms. The van der Waals surface area contributed by atoms with E-state index in [9.17, 15) is 4.79 Å². The Morgan fingerprint density at radius 2 is 2.08 bits per heavy atom. The Bertz CT molecular complexity index is 265. The van der Waals surface area contributed by atoms with Crippen LogP contribution in [0.5, 0.6) is 0 Å². The van der Waals surface area contributed by atoms with Gasteiger partial charge < -0.3 is 4.74 Å². The Hall–Kier alpha value is -0.880. The van der Waals surface area contributed by atoms with Crippen molar-refractivity contribution in [1.29, 1.82) is 5.26 Å². The van der Waals surface area contributed by atoms with Crippen molar-refractivity contribution < 1.29 is 9.53 Å². The fraction of sp³-hybridized carbons (Fsp3) is 0.778. The van der Waals surface area contributed by atoms with Gasteiger partial charge in [0.05, 0.1) is 24.7 Å². The Kier molecular flexibility index (Phi) is 1.34. The summed E-state index contributed by atoms with van der Waals surface area (Å²) in [6, 6.07) is 2.29. The molecular weight excluding hydrogens is 154 g/mol. The number of nitrogens with zero attached hydrogens (tertiary/aromatic N) is 1. The molecule has 2 fully saturated rings. The minimum Gasteiger partial charge on any atom is -0.380 e. The summed E-state index contributed by atoms with van der Waals surface area (Å²) < 4.78 is 5.09. The molecule has 1 aliphatic carbocycles. The van der Waals surface area contributed by atoms with Crippen LogP contribution in [0.2, 0.25) is 0 Å². The summed E-state index contributed by atoms with van der Waals surface area (Å²) in [6.45, 7) is 3.30. The Balaban J connectivity index is 2.20. The van der Waals surface area contributed by atoms with Crippen LogP contribution in [0.25, 0.3) is 0 Å². The van der Waals surface area contributed by atoms with Crippen LogP contribution < -0.4 is 0 Å². The molecule has 3 heteroatoms. The van der Waals surface area contributed by atoms with E-state index in [1.807, 2.05) is 6.92 Å². The van der Waals surface area contributed by atoms with E-state index in [2.05, 4.69) is 6.07 Å². The van der Waals surface area contributed by atoms with Gasteiger partial charge in [0.15, 0.2) is 0 Å². The first kappa shape index (κ1) is 7.75. The van der Waals surface area contributed by atoms with Crippen molar-refractivity contribution >= 4 is 5.78 Å². The number of carbonyl (C=O) groups excluding carboxylic acids is 1. The van der Waals surface area contributed by atoms with E-state index in [0.29, 0.717) is 26.1 Å². The Morgan fingerprint density at radius 1 is 1.50 bits per heavy atom. The van der Waals surface area contributed by atoms with Crippen LogP contribution in [-0.2, 0) is 9.53 Å². The minimum absolute atomic E-state index is 0.0599. The third-order valence-electron chi connectivity index (χ3n) is 3.21. The van der Waals surface area contributed by atoms with Crippen molar-refractivity contribution in [3.8, 4) is 6.07 Å². The van der Waals surface area contributed by atoms with Gasteiger partial charge in [0.25, 0.3) is 0 Å². The maximum atomic E-state index is 10.9. The fourth-order valence-corrected chi connectivity index (χ4v) is 1.95. The van der Waals surface area contributed by atoms with Crippen LogP contribution in [0.1, 0.15) is 19.8 Å². The molecule has 0 atom stereocenters. The van der Waals surface area contributed by atoms with Gasteiger partial charge in [-0.1, -0.05) is 6.92 Å². The fourth-order valence-electron chi connectivity index (χ4n) is 1.95. The van der Waals surface area contributed by atoms with Crippen LogP contribution in [0.15, 0.2) is 0 Å². The minimum atomic E-state index is -0.400. The number of ether oxygens (including phenoxy) is 1. The predicted octanol–water partition coefficient (Wildman–Crippen LogP) is 0.896. The monoisotopic (exact) mass is 165 g/mol. The van der Waals surface area contributed by atoms with Crippen LogP contribution >= 0.6 is 0 Å². The molecule has 1 saturated carbocycles. The highest BCUT2D eigenvalue weighted by atomic mass is 16.5.